The summed E-state index contributed by atoms with van der Waals surface area (Å²) >= 11 is 0. The van der Waals surface area contributed by atoms with Crippen LogP contribution in [0.1, 0.15) is 16.7 Å². The topological polar surface area (TPSA) is 46.0 Å². The minimum Gasteiger partial charge on any atom is -0.508 e. The summed E-state index contributed by atoms with van der Waals surface area (Å²) in [6, 6.07) is 15.1. The van der Waals surface area contributed by atoms with Gasteiger partial charge in [-0.15, -0.1) is 0 Å². The van der Waals surface area contributed by atoms with E-state index in [0.29, 0.717) is 0 Å². The third kappa shape index (κ3) is 3.38. The maximum absolute atomic E-state index is 9.29. The molecule has 0 saturated carbocycles. The molecule has 1 N–H and O–H groups in total. The van der Waals surface area contributed by atoms with Crippen molar-refractivity contribution in [3.05, 3.63) is 77.6 Å². The molecule has 0 aliphatic rings. The molecular weight excluding hydrogens is 272 g/mol. The Kier molecular flexibility index (Phi) is 3.97. The first-order valence-electron chi connectivity index (χ1n) is 7.07. The van der Waals surface area contributed by atoms with Crippen LogP contribution < -0.4 is 0 Å². The number of nitrogens with zero attached hydrogens (tertiary/aromatic N) is 2. The van der Waals surface area contributed by atoms with Gasteiger partial charge in [-0.05, 0) is 60.0 Å². The van der Waals surface area contributed by atoms with E-state index in [1.54, 1.807) is 24.5 Å². The molecule has 0 fully saturated rings. The summed E-state index contributed by atoms with van der Waals surface area (Å²) < 4.78 is 0. The number of benzene rings is 1. The van der Waals surface area contributed by atoms with E-state index < -0.39 is 0 Å². The summed E-state index contributed by atoms with van der Waals surface area (Å²) in [5.41, 5.74) is 4.99. The second kappa shape index (κ2) is 6.22. The van der Waals surface area contributed by atoms with Crippen LogP contribution in [0.5, 0.6) is 5.75 Å². The molecule has 3 aromatic rings. The Labute approximate surface area is 129 Å². The quantitative estimate of drug-likeness (QED) is 0.780. The standard InChI is InChI=1S/C19H16N2O/c1-14-8-10-20-18(12-14)19-13-16(9-11-21-19)3-2-15-4-6-17(22)7-5-15/h2-13,22H,1H3. The fraction of sp³-hybridized carbons (Fsp3) is 0.0526. The van der Waals surface area contributed by atoms with Crippen molar-refractivity contribution in [2.24, 2.45) is 0 Å². The van der Waals surface area contributed by atoms with Gasteiger partial charge in [-0.2, -0.15) is 0 Å². The summed E-state index contributed by atoms with van der Waals surface area (Å²) in [6.45, 7) is 2.04. The number of aromatic nitrogens is 2. The molecule has 22 heavy (non-hydrogen) atoms. The summed E-state index contributed by atoms with van der Waals surface area (Å²) in [4.78, 5) is 8.75. The van der Waals surface area contributed by atoms with Crippen LogP contribution >= 0.6 is 0 Å². The molecule has 3 nitrogen and oxygen atoms in total. The predicted molar refractivity (Wildman–Crippen MR) is 89.2 cm³/mol. The van der Waals surface area contributed by atoms with Crippen molar-refractivity contribution >= 4 is 12.2 Å². The largest absolute Gasteiger partial charge is 0.508 e. The lowest BCUT2D eigenvalue weighted by molar-refractivity contribution is 0.475. The van der Waals surface area contributed by atoms with Gasteiger partial charge in [-0.3, -0.25) is 9.97 Å². The number of pyridine rings is 2. The van der Waals surface area contributed by atoms with Crippen LogP contribution in [0.4, 0.5) is 0 Å². The fourth-order valence-corrected chi connectivity index (χ4v) is 2.14. The first kappa shape index (κ1) is 14.0. The summed E-state index contributed by atoms with van der Waals surface area (Å²) in [5, 5.41) is 9.29. The summed E-state index contributed by atoms with van der Waals surface area (Å²) in [6.07, 6.45) is 7.61. The van der Waals surface area contributed by atoms with Crippen molar-refractivity contribution in [3.63, 3.8) is 0 Å². The van der Waals surface area contributed by atoms with Gasteiger partial charge in [0.15, 0.2) is 0 Å². The molecule has 0 saturated heterocycles. The predicted octanol–water partition coefficient (Wildman–Crippen LogP) is 4.33. The van der Waals surface area contributed by atoms with Crippen molar-refractivity contribution in [1.82, 2.24) is 9.97 Å². The van der Waals surface area contributed by atoms with E-state index in [0.717, 1.165) is 28.1 Å². The average molecular weight is 288 g/mol. The molecule has 3 heteroatoms. The molecule has 0 atom stereocenters. The third-order valence-electron chi connectivity index (χ3n) is 3.32. The monoisotopic (exact) mass is 288 g/mol. The van der Waals surface area contributed by atoms with Gasteiger partial charge in [0.2, 0.25) is 0 Å². The Balaban J connectivity index is 1.86. The molecule has 2 heterocycles. The highest BCUT2D eigenvalue weighted by Gasteiger charge is 2.01. The zero-order chi connectivity index (χ0) is 15.4. The van der Waals surface area contributed by atoms with Gasteiger partial charge < -0.3 is 5.11 Å². The Morgan fingerprint density at radius 1 is 0.773 bits per heavy atom. The molecule has 3 rings (SSSR count). The van der Waals surface area contributed by atoms with Crippen LogP contribution in [-0.2, 0) is 0 Å². The van der Waals surface area contributed by atoms with Gasteiger partial charge in [0.05, 0.1) is 11.4 Å². The number of aromatic hydroxyl groups is 1. The number of aryl methyl sites for hydroxylation is 1. The minimum absolute atomic E-state index is 0.272. The van der Waals surface area contributed by atoms with Gasteiger partial charge in [0.25, 0.3) is 0 Å². The van der Waals surface area contributed by atoms with Crippen LogP contribution in [0.3, 0.4) is 0 Å². The van der Waals surface area contributed by atoms with E-state index in [1.807, 2.05) is 55.5 Å². The van der Waals surface area contributed by atoms with E-state index in [-0.39, 0.29) is 5.75 Å². The Morgan fingerprint density at radius 3 is 2.14 bits per heavy atom. The Hall–Kier alpha value is -2.94. The fourth-order valence-electron chi connectivity index (χ4n) is 2.14. The van der Waals surface area contributed by atoms with Gasteiger partial charge in [-0.25, -0.2) is 0 Å². The molecule has 0 radical (unpaired) electrons. The van der Waals surface area contributed by atoms with Crippen molar-refractivity contribution in [3.8, 4) is 17.1 Å². The second-order valence-electron chi connectivity index (χ2n) is 5.12. The molecule has 0 bridgehead atoms. The number of phenolic OH excluding ortho intramolecular Hbond substituents is 1. The average Bonchev–Trinajstić information content (AvgIpc) is 2.55. The van der Waals surface area contributed by atoms with Crippen LogP contribution in [0.25, 0.3) is 23.5 Å². The highest BCUT2D eigenvalue weighted by atomic mass is 16.3. The number of phenols is 1. The third-order valence-corrected chi connectivity index (χ3v) is 3.32. The van der Waals surface area contributed by atoms with Crippen molar-refractivity contribution in [2.75, 3.05) is 0 Å². The zero-order valence-electron chi connectivity index (χ0n) is 12.3. The normalized spacial score (nSPS) is 11.0. The molecular formula is C19H16N2O. The second-order valence-corrected chi connectivity index (χ2v) is 5.12. The zero-order valence-corrected chi connectivity index (χ0v) is 12.3. The molecule has 0 aliphatic heterocycles. The smallest absolute Gasteiger partial charge is 0.115 e. The van der Waals surface area contributed by atoms with E-state index in [1.165, 1.54) is 0 Å². The van der Waals surface area contributed by atoms with E-state index in [9.17, 15) is 5.11 Å². The number of rotatable bonds is 3. The molecule has 108 valence electrons. The van der Waals surface area contributed by atoms with Gasteiger partial charge in [0.1, 0.15) is 5.75 Å². The first-order valence-corrected chi connectivity index (χ1v) is 7.07. The van der Waals surface area contributed by atoms with Crippen LogP contribution in [0, 0.1) is 6.92 Å². The lowest BCUT2D eigenvalue weighted by atomic mass is 10.1. The van der Waals surface area contributed by atoms with Gasteiger partial charge in [-0.1, -0.05) is 24.3 Å². The summed E-state index contributed by atoms with van der Waals surface area (Å²) in [5.74, 6) is 0.272. The van der Waals surface area contributed by atoms with Crippen LogP contribution in [0.2, 0.25) is 0 Å². The minimum atomic E-state index is 0.272. The molecule has 0 amide bonds. The van der Waals surface area contributed by atoms with Crippen LogP contribution in [-0.4, -0.2) is 15.1 Å². The maximum atomic E-state index is 9.29. The van der Waals surface area contributed by atoms with Crippen LogP contribution in [0.15, 0.2) is 60.9 Å². The van der Waals surface area contributed by atoms with Gasteiger partial charge in [0, 0.05) is 12.4 Å². The first-order chi connectivity index (χ1) is 10.7. The summed E-state index contributed by atoms with van der Waals surface area (Å²) in [7, 11) is 0. The highest BCUT2D eigenvalue weighted by Crippen LogP contribution is 2.18. The highest BCUT2D eigenvalue weighted by molar-refractivity contribution is 5.71. The van der Waals surface area contributed by atoms with Crippen molar-refractivity contribution < 1.29 is 5.11 Å². The molecule has 1 aromatic carbocycles. The van der Waals surface area contributed by atoms with E-state index >= 15 is 0 Å². The van der Waals surface area contributed by atoms with Crippen molar-refractivity contribution in [2.45, 2.75) is 6.92 Å². The molecule has 0 aliphatic carbocycles. The molecule has 0 spiro atoms. The Bertz CT molecular complexity index is 808. The van der Waals surface area contributed by atoms with Gasteiger partial charge >= 0.3 is 0 Å². The lowest BCUT2D eigenvalue weighted by Gasteiger charge is -2.02. The SMILES string of the molecule is Cc1ccnc(-c2cc(C=Cc3ccc(O)cc3)ccn2)c1. The molecule has 0 unspecified atom stereocenters. The number of hydrogen-bond donors (Lipinski definition) is 1. The lowest BCUT2D eigenvalue weighted by Crippen LogP contribution is -1.88. The van der Waals surface area contributed by atoms with Crippen molar-refractivity contribution in [1.29, 1.82) is 0 Å². The number of hydrogen-bond acceptors (Lipinski definition) is 3. The molecule has 2 aromatic heterocycles. The van der Waals surface area contributed by atoms with E-state index in [4.69, 9.17) is 0 Å². The van der Waals surface area contributed by atoms with E-state index in [2.05, 4.69) is 9.97 Å². The Morgan fingerprint density at radius 2 is 1.41 bits per heavy atom. The maximum Gasteiger partial charge on any atom is 0.115 e.